The number of hydrogen-bond donors (Lipinski definition) is 2. The Labute approximate surface area is 255 Å². The summed E-state index contributed by atoms with van der Waals surface area (Å²) >= 11 is 0. The van der Waals surface area contributed by atoms with Gasteiger partial charge in [0.05, 0.1) is 51.8 Å². The van der Waals surface area contributed by atoms with Crippen molar-refractivity contribution in [3.8, 4) is 23.1 Å². The molecule has 228 valence electrons. The molecular weight excluding hydrogens is 611 g/mol. The molecule has 0 spiro atoms. The van der Waals surface area contributed by atoms with Gasteiger partial charge >= 0.3 is 0 Å². The molecule has 3 aromatic rings. The van der Waals surface area contributed by atoms with Crippen molar-refractivity contribution in [1.82, 2.24) is 10.1 Å². The van der Waals surface area contributed by atoms with Crippen LogP contribution >= 0.6 is 17.0 Å². The Balaban J connectivity index is 0.00000484. The third-order valence-electron chi connectivity index (χ3n) is 6.73. The average molecular weight is 650 g/mol. The second kappa shape index (κ2) is 13.5. The molecule has 0 atom stereocenters. The number of nitrogens with one attached hydrogen (secondary N) is 2. The summed E-state index contributed by atoms with van der Waals surface area (Å²) in [4.78, 5) is 15.2. The van der Waals surface area contributed by atoms with Gasteiger partial charge in [-0.1, -0.05) is 20.8 Å². The number of hydrogen-bond acceptors (Lipinski definition) is 9. The van der Waals surface area contributed by atoms with E-state index >= 15 is 4.39 Å². The first-order valence-corrected chi connectivity index (χ1v) is 13.5. The van der Waals surface area contributed by atoms with E-state index < -0.39 is 5.82 Å². The molecule has 0 aliphatic carbocycles. The largest absolute Gasteiger partial charge is 0.494 e. The summed E-state index contributed by atoms with van der Waals surface area (Å²) in [5.41, 5.74) is 2.21. The molecule has 12 heteroatoms. The highest BCUT2D eigenvalue weighted by Gasteiger charge is 2.33. The van der Waals surface area contributed by atoms with E-state index in [1.54, 1.807) is 44.1 Å². The van der Waals surface area contributed by atoms with Gasteiger partial charge in [0.1, 0.15) is 11.6 Å². The van der Waals surface area contributed by atoms with E-state index in [-0.39, 0.29) is 77.3 Å². The first-order chi connectivity index (χ1) is 19.5. The van der Waals surface area contributed by atoms with Crippen molar-refractivity contribution >= 4 is 34.3 Å². The molecule has 42 heavy (non-hydrogen) atoms. The normalized spacial score (nSPS) is 12.5. The smallest absolute Gasteiger partial charge is 0.254 e. The maximum atomic E-state index is 15.5. The van der Waals surface area contributed by atoms with Crippen LogP contribution in [0.5, 0.6) is 23.1 Å². The number of methoxy groups -OCH3 is 2. The molecule has 0 saturated heterocycles. The number of Topliss-reactive ketones (excluding diaryl/α,β-unsaturated/α-hetero) is 1. The summed E-state index contributed by atoms with van der Waals surface area (Å²) < 4.78 is 42.7. The number of amidine groups is 1. The zero-order chi connectivity index (χ0) is 29.9. The maximum absolute atomic E-state index is 15.5. The minimum atomic E-state index is -0.650. The Morgan fingerprint density at radius 3 is 2.40 bits per heavy atom. The van der Waals surface area contributed by atoms with Gasteiger partial charge < -0.3 is 33.7 Å². The van der Waals surface area contributed by atoms with Crippen LogP contribution in [0.4, 0.5) is 10.1 Å². The number of carbonyl (C=O) groups excluding carboxylic acids is 1. The zero-order valence-corrected chi connectivity index (χ0v) is 26.7. The fraction of sp³-hybridized carbons (Fsp3) is 0.433. The van der Waals surface area contributed by atoms with Crippen LogP contribution < -0.4 is 24.3 Å². The van der Waals surface area contributed by atoms with Crippen molar-refractivity contribution in [3.63, 3.8) is 0 Å². The van der Waals surface area contributed by atoms with Crippen LogP contribution in [0.3, 0.4) is 0 Å². The first kappa shape index (κ1) is 32.7. The lowest BCUT2D eigenvalue weighted by Crippen LogP contribution is -2.30. The van der Waals surface area contributed by atoms with Crippen molar-refractivity contribution in [2.24, 2.45) is 0 Å². The van der Waals surface area contributed by atoms with Gasteiger partial charge in [0.15, 0.2) is 28.9 Å². The van der Waals surface area contributed by atoms with Gasteiger partial charge in [0.25, 0.3) is 5.88 Å². The van der Waals surface area contributed by atoms with Gasteiger partial charge in [-0.25, -0.2) is 4.39 Å². The van der Waals surface area contributed by atoms with Gasteiger partial charge in [-0.05, 0) is 48.2 Å². The van der Waals surface area contributed by atoms with E-state index in [2.05, 4.69) is 10.5 Å². The van der Waals surface area contributed by atoms with Crippen LogP contribution in [-0.4, -0.2) is 55.7 Å². The van der Waals surface area contributed by atoms with Gasteiger partial charge in [-0.2, -0.15) is 0 Å². The molecule has 10 nitrogen and oxygen atoms in total. The third-order valence-corrected chi connectivity index (χ3v) is 6.73. The zero-order valence-electron chi connectivity index (χ0n) is 25.0. The van der Waals surface area contributed by atoms with Crippen LogP contribution in [0.25, 0.3) is 0 Å². The Morgan fingerprint density at radius 2 is 1.81 bits per heavy atom. The first-order valence-electron chi connectivity index (χ1n) is 13.5. The number of aromatic nitrogens is 1. The summed E-state index contributed by atoms with van der Waals surface area (Å²) in [6, 6.07) is 6.90. The second-order valence-electron chi connectivity index (χ2n) is 10.6. The Kier molecular flexibility index (Phi) is 10.5. The molecule has 0 amide bonds. The van der Waals surface area contributed by atoms with Gasteiger partial charge in [-0.3, -0.25) is 10.2 Å². The standard InChI is InChI=1S/C30H37FN4O6.BrH/c1-8-39-23-12-18-15-35(29(32)25(18)26(31)28(23)40-9-2)16-22(36)17-10-20(30(3,4)5)27(38-7)21(11-17)33-14-19-13-24(37-6)34-41-19;/h10-13,32-33H,8-9,14-16H2,1-7H3;1H. The van der Waals surface area contributed by atoms with E-state index in [0.29, 0.717) is 40.8 Å². The van der Waals surface area contributed by atoms with E-state index in [9.17, 15) is 4.79 Å². The average Bonchev–Trinajstić information content (AvgIpc) is 3.52. The predicted molar refractivity (Wildman–Crippen MR) is 163 cm³/mol. The minimum Gasteiger partial charge on any atom is -0.494 e. The van der Waals surface area contributed by atoms with Crippen molar-refractivity contribution in [2.45, 2.75) is 53.1 Å². The van der Waals surface area contributed by atoms with Gasteiger partial charge in [0.2, 0.25) is 0 Å². The predicted octanol–water partition coefficient (Wildman–Crippen LogP) is 6.14. The highest BCUT2D eigenvalue weighted by atomic mass is 79.9. The van der Waals surface area contributed by atoms with Crippen LogP contribution in [0.2, 0.25) is 0 Å². The SMILES string of the molecule is Br.CCOc1cc2c(c(F)c1OCC)C(=N)N(CC(=O)c1cc(NCc3cc(OC)no3)c(OC)c(C(C)(C)C)c1)C2. The number of ether oxygens (including phenoxy) is 4. The van der Waals surface area contributed by atoms with Gasteiger partial charge in [-0.15, -0.1) is 17.0 Å². The van der Waals surface area contributed by atoms with Crippen LogP contribution in [-0.2, 0) is 18.5 Å². The summed E-state index contributed by atoms with van der Waals surface area (Å²) in [6.07, 6.45) is 0. The fourth-order valence-corrected chi connectivity index (χ4v) is 4.78. The van der Waals surface area contributed by atoms with Gasteiger partial charge in [0, 0.05) is 23.7 Å². The number of nitrogens with zero attached hydrogens (tertiary/aromatic N) is 2. The topological polar surface area (TPSA) is 119 Å². The number of fused-ring (bicyclic) bond motifs is 1. The molecule has 0 bridgehead atoms. The molecule has 1 aliphatic rings. The summed E-state index contributed by atoms with van der Waals surface area (Å²) in [6.45, 7) is 10.6. The number of carbonyl (C=O) groups is 1. The molecule has 4 rings (SSSR count). The van der Waals surface area contributed by atoms with E-state index in [0.717, 1.165) is 5.56 Å². The molecule has 0 unspecified atom stereocenters. The maximum Gasteiger partial charge on any atom is 0.254 e. The van der Waals surface area contributed by atoms with E-state index in [1.165, 1.54) is 7.11 Å². The van der Waals surface area contributed by atoms with Crippen molar-refractivity contribution in [1.29, 1.82) is 5.41 Å². The molecule has 1 aromatic heterocycles. The molecule has 0 radical (unpaired) electrons. The Hall–Kier alpha value is -3.80. The summed E-state index contributed by atoms with van der Waals surface area (Å²) in [5, 5.41) is 15.8. The fourth-order valence-electron chi connectivity index (χ4n) is 4.78. The van der Waals surface area contributed by atoms with Crippen LogP contribution in [0.1, 0.15) is 67.4 Å². The Morgan fingerprint density at radius 1 is 1.10 bits per heavy atom. The molecular formula is C30H38BrFN4O6. The number of rotatable bonds is 12. The monoisotopic (exact) mass is 648 g/mol. The second-order valence-corrected chi connectivity index (χ2v) is 10.6. The molecule has 0 fully saturated rings. The van der Waals surface area contributed by atoms with Crippen LogP contribution in [0.15, 0.2) is 28.8 Å². The van der Waals surface area contributed by atoms with E-state index in [4.69, 9.17) is 28.9 Å². The van der Waals surface area contributed by atoms with Crippen molar-refractivity contribution in [2.75, 3.05) is 39.3 Å². The highest BCUT2D eigenvalue weighted by molar-refractivity contribution is 8.93. The third kappa shape index (κ3) is 6.64. The molecule has 2 heterocycles. The molecule has 0 saturated carbocycles. The van der Waals surface area contributed by atoms with Crippen molar-refractivity contribution in [3.05, 3.63) is 58.1 Å². The van der Waals surface area contributed by atoms with E-state index in [1.807, 2.05) is 26.8 Å². The molecule has 2 aromatic carbocycles. The quantitative estimate of drug-likeness (QED) is 0.223. The highest BCUT2D eigenvalue weighted by Crippen LogP contribution is 2.40. The van der Waals surface area contributed by atoms with Crippen LogP contribution in [0, 0.1) is 11.2 Å². The number of halogens is 2. The number of benzene rings is 2. The minimum absolute atomic E-state index is 0. The van der Waals surface area contributed by atoms with Crippen molar-refractivity contribution < 1.29 is 32.7 Å². The number of ketones is 1. The lowest BCUT2D eigenvalue weighted by atomic mass is 9.84. The summed E-state index contributed by atoms with van der Waals surface area (Å²) in [5.74, 6) is 0.834. The number of anilines is 1. The molecule has 1 aliphatic heterocycles. The Bertz CT molecular complexity index is 1450. The lowest BCUT2D eigenvalue weighted by Gasteiger charge is -2.26. The lowest BCUT2D eigenvalue weighted by molar-refractivity contribution is 0.0962. The summed E-state index contributed by atoms with van der Waals surface area (Å²) in [7, 11) is 3.09. The molecule has 2 N–H and O–H groups in total.